The molecule has 0 saturated heterocycles. The van der Waals surface area contributed by atoms with Gasteiger partial charge in [0.25, 0.3) is 0 Å². The molecule has 0 aliphatic heterocycles. The number of nitrogen functional groups attached to an aromatic ring is 1. The second-order valence-corrected chi connectivity index (χ2v) is 1.63. The lowest BCUT2D eigenvalue weighted by atomic mass is 10.3. The van der Waals surface area contributed by atoms with Crippen LogP contribution in [0.4, 0.5) is 5.82 Å². The molecule has 0 saturated carbocycles. The Labute approximate surface area is 64.7 Å². The van der Waals surface area contributed by atoms with Gasteiger partial charge in [-0.3, -0.25) is 4.79 Å². The standard InChI is InChI=1S/C6H6N2O.ClH/c7-6-3-5(4-9)1-2-8-6;/h1-4H,(H2,7,8);1H. The Morgan fingerprint density at radius 2 is 2.30 bits per heavy atom. The van der Waals surface area contributed by atoms with Gasteiger partial charge in [-0.1, -0.05) is 0 Å². The fourth-order valence-corrected chi connectivity index (χ4v) is 0.539. The molecule has 0 fully saturated rings. The van der Waals surface area contributed by atoms with Crippen LogP contribution in [-0.4, -0.2) is 11.3 Å². The van der Waals surface area contributed by atoms with E-state index in [0.29, 0.717) is 11.4 Å². The largest absolute Gasteiger partial charge is 0.384 e. The van der Waals surface area contributed by atoms with Crippen molar-refractivity contribution in [2.24, 2.45) is 0 Å². The molecule has 0 aliphatic carbocycles. The maximum absolute atomic E-state index is 10.1. The van der Waals surface area contributed by atoms with Gasteiger partial charge in [-0.15, -0.1) is 12.4 Å². The zero-order valence-electron chi connectivity index (χ0n) is 5.15. The summed E-state index contributed by atoms with van der Waals surface area (Å²) in [4.78, 5) is 13.8. The highest BCUT2D eigenvalue weighted by Gasteiger charge is 1.87. The lowest BCUT2D eigenvalue weighted by Crippen LogP contribution is -1.90. The zero-order chi connectivity index (χ0) is 6.69. The molecule has 0 bridgehead atoms. The molecule has 0 aliphatic rings. The molecule has 2 N–H and O–H groups in total. The number of nitrogens with zero attached hydrogens (tertiary/aromatic N) is 1. The van der Waals surface area contributed by atoms with Crippen molar-refractivity contribution in [2.45, 2.75) is 0 Å². The minimum absolute atomic E-state index is 0. The van der Waals surface area contributed by atoms with E-state index in [0.717, 1.165) is 6.29 Å². The van der Waals surface area contributed by atoms with Crippen LogP contribution in [0, 0.1) is 0 Å². The van der Waals surface area contributed by atoms with Crippen LogP contribution in [0.25, 0.3) is 0 Å². The third-order valence-electron chi connectivity index (χ3n) is 0.941. The SMILES string of the molecule is Cl.Nc1cc(C=O)ccn1. The molecule has 1 aromatic rings. The van der Waals surface area contributed by atoms with Crippen molar-refractivity contribution in [2.75, 3.05) is 5.73 Å². The number of aromatic nitrogens is 1. The fourth-order valence-electron chi connectivity index (χ4n) is 0.539. The minimum Gasteiger partial charge on any atom is -0.384 e. The number of hydrogen-bond acceptors (Lipinski definition) is 3. The van der Waals surface area contributed by atoms with Crippen LogP contribution in [0.1, 0.15) is 10.4 Å². The monoisotopic (exact) mass is 158 g/mol. The van der Waals surface area contributed by atoms with Gasteiger partial charge >= 0.3 is 0 Å². The van der Waals surface area contributed by atoms with Gasteiger partial charge < -0.3 is 5.73 Å². The molecule has 1 aromatic heterocycles. The van der Waals surface area contributed by atoms with Crippen molar-refractivity contribution < 1.29 is 4.79 Å². The van der Waals surface area contributed by atoms with Crippen molar-refractivity contribution in [3.8, 4) is 0 Å². The highest BCUT2D eigenvalue weighted by Crippen LogP contribution is 1.98. The quantitative estimate of drug-likeness (QED) is 0.618. The van der Waals surface area contributed by atoms with E-state index in [9.17, 15) is 4.79 Å². The fraction of sp³-hybridized carbons (Fsp3) is 0. The molecular formula is C6H7ClN2O. The highest BCUT2D eigenvalue weighted by molar-refractivity contribution is 5.85. The van der Waals surface area contributed by atoms with Crippen LogP contribution in [0.5, 0.6) is 0 Å². The number of anilines is 1. The Kier molecular flexibility index (Phi) is 3.43. The number of halogens is 1. The normalized spacial score (nSPS) is 8.00. The third kappa shape index (κ3) is 2.03. The van der Waals surface area contributed by atoms with Gasteiger partial charge in [0, 0.05) is 11.8 Å². The Bertz CT molecular complexity index is 227. The van der Waals surface area contributed by atoms with Gasteiger partial charge in [0.1, 0.15) is 12.1 Å². The Balaban J connectivity index is 0.000000810. The van der Waals surface area contributed by atoms with E-state index in [-0.39, 0.29) is 12.4 Å². The maximum Gasteiger partial charge on any atom is 0.150 e. The van der Waals surface area contributed by atoms with Gasteiger partial charge in [0.05, 0.1) is 0 Å². The summed E-state index contributed by atoms with van der Waals surface area (Å²) < 4.78 is 0. The summed E-state index contributed by atoms with van der Waals surface area (Å²) in [5, 5.41) is 0. The second kappa shape index (κ2) is 3.85. The number of carbonyl (C=O) groups is 1. The maximum atomic E-state index is 10.1. The summed E-state index contributed by atoms with van der Waals surface area (Å²) >= 11 is 0. The first-order valence-corrected chi connectivity index (χ1v) is 2.49. The molecule has 4 heteroatoms. The van der Waals surface area contributed by atoms with Crippen LogP contribution in [-0.2, 0) is 0 Å². The smallest absolute Gasteiger partial charge is 0.150 e. The molecule has 0 amide bonds. The van der Waals surface area contributed by atoms with Crippen LogP contribution in [0.15, 0.2) is 18.3 Å². The molecule has 0 unspecified atom stereocenters. The van der Waals surface area contributed by atoms with E-state index >= 15 is 0 Å². The number of pyridine rings is 1. The number of nitrogens with two attached hydrogens (primary N) is 1. The van der Waals surface area contributed by atoms with E-state index in [2.05, 4.69) is 4.98 Å². The number of aldehydes is 1. The summed E-state index contributed by atoms with van der Waals surface area (Å²) in [7, 11) is 0. The Morgan fingerprint density at radius 3 is 2.70 bits per heavy atom. The summed E-state index contributed by atoms with van der Waals surface area (Å²) in [5.41, 5.74) is 5.82. The summed E-state index contributed by atoms with van der Waals surface area (Å²) in [5.74, 6) is 0.375. The number of rotatable bonds is 1. The van der Waals surface area contributed by atoms with Crippen LogP contribution < -0.4 is 5.73 Å². The lowest BCUT2D eigenvalue weighted by Gasteiger charge is -1.89. The second-order valence-electron chi connectivity index (χ2n) is 1.63. The van der Waals surface area contributed by atoms with E-state index in [1.165, 1.54) is 12.3 Å². The van der Waals surface area contributed by atoms with Crippen LogP contribution >= 0.6 is 12.4 Å². The van der Waals surface area contributed by atoms with Crippen molar-refractivity contribution in [1.29, 1.82) is 0 Å². The minimum atomic E-state index is 0. The molecule has 1 rings (SSSR count). The van der Waals surface area contributed by atoms with Crippen LogP contribution in [0.2, 0.25) is 0 Å². The first-order chi connectivity index (χ1) is 4.33. The van der Waals surface area contributed by atoms with Gasteiger partial charge in [-0.2, -0.15) is 0 Å². The third-order valence-corrected chi connectivity index (χ3v) is 0.941. The van der Waals surface area contributed by atoms with Crippen molar-refractivity contribution >= 4 is 24.5 Å². The van der Waals surface area contributed by atoms with Gasteiger partial charge in [0.2, 0.25) is 0 Å². The van der Waals surface area contributed by atoms with Crippen molar-refractivity contribution in [1.82, 2.24) is 4.98 Å². The number of carbonyl (C=O) groups excluding carboxylic acids is 1. The molecule has 0 atom stereocenters. The average molecular weight is 159 g/mol. The van der Waals surface area contributed by atoms with E-state index in [1.807, 2.05) is 0 Å². The molecule has 0 radical (unpaired) electrons. The first-order valence-electron chi connectivity index (χ1n) is 2.49. The lowest BCUT2D eigenvalue weighted by molar-refractivity contribution is 0.112. The van der Waals surface area contributed by atoms with E-state index in [1.54, 1.807) is 6.07 Å². The molecular weight excluding hydrogens is 152 g/mol. The van der Waals surface area contributed by atoms with Gasteiger partial charge in [-0.25, -0.2) is 4.98 Å². The van der Waals surface area contributed by atoms with Gasteiger partial charge in [-0.05, 0) is 12.1 Å². The topological polar surface area (TPSA) is 56.0 Å². The highest BCUT2D eigenvalue weighted by atomic mass is 35.5. The van der Waals surface area contributed by atoms with Crippen molar-refractivity contribution in [3.05, 3.63) is 23.9 Å². The predicted molar refractivity (Wildman–Crippen MR) is 41.3 cm³/mol. The molecule has 54 valence electrons. The Morgan fingerprint density at radius 1 is 1.60 bits per heavy atom. The van der Waals surface area contributed by atoms with Crippen molar-refractivity contribution in [3.63, 3.8) is 0 Å². The molecule has 1 heterocycles. The summed E-state index contributed by atoms with van der Waals surface area (Å²) in [6.07, 6.45) is 2.23. The Hall–Kier alpha value is -1.09. The average Bonchev–Trinajstić information content (AvgIpc) is 1.88. The molecule has 0 spiro atoms. The number of hydrogen-bond donors (Lipinski definition) is 1. The molecule has 0 aromatic carbocycles. The summed E-state index contributed by atoms with van der Waals surface area (Å²) in [6.45, 7) is 0. The molecule has 10 heavy (non-hydrogen) atoms. The van der Waals surface area contributed by atoms with Gasteiger partial charge in [0.15, 0.2) is 0 Å². The van der Waals surface area contributed by atoms with Crippen LogP contribution in [0.3, 0.4) is 0 Å². The van der Waals surface area contributed by atoms with E-state index < -0.39 is 0 Å². The molecule has 3 nitrogen and oxygen atoms in total. The zero-order valence-corrected chi connectivity index (χ0v) is 5.97. The first kappa shape index (κ1) is 8.91. The predicted octanol–water partition coefficient (Wildman–Crippen LogP) is 0.898. The van der Waals surface area contributed by atoms with E-state index in [4.69, 9.17) is 5.73 Å². The summed E-state index contributed by atoms with van der Waals surface area (Å²) in [6, 6.07) is 3.12.